The lowest BCUT2D eigenvalue weighted by molar-refractivity contribution is -0.137. The molecular formula is C23H23F3N4O3. The van der Waals surface area contributed by atoms with E-state index >= 15 is 0 Å². The van der Waals surface area contributed by atoms with Gasteiger partial charge in [-0.3, -0.25) is 14.2 Å². The summed E-state index contributed by atoms with van der Waals surface area (Å²) in [6.45, 7) is 4.98. The molecule has 1 aromatic heterocycles. The summed E-state index contributed by atoms with van der Waals surface area (Å²) in [5.74, 6) is -0.770. The molecular weight excluding hydrogens is 437 g/mol. The van der Waals surface area contributed by atoms with Gasteiger partial charge >= 0.3 is 11.9 Å². The molecule has 33 heavy (non-hydrogen) atoms. The van der Waals surface area contributed by atoms with Crippen molar-refractivity contribution in [1.82, 2.24) is 19.7 Å². The first kappa shape index (κ1) is 24.0. The van der Waals surface area contributed by atoms with Gasteiger partial charge in [-0.2, -0.15) is 23.0 Å². The molecule has 0 spiro atoms. The summed E-state index contributed by atoms with van der Waals surface area (Å²) in [4.78, 5) is 38.9. The Morgan fingerprint density at radius 2 is 1.79 bits per heavy atom. The van der Waals surface area contributed by atoms with Crippen molar-refractivity contribution in [2.75, 3.05) is 0 Å². The van der Waals surface area contributed by atoms with E-state index in [1.54, 1.807) is 31.2 Å². The maximum absolute atomic E-state index is 13.1. The van der Waals surface area contributed by atoms with Gasteiger partial charge in [0.05, 0.1) is 17.8 Å². The van der Waals surface area contributed by atoms with Gasteiger partial charge in [0.1, 0.15) is 0 Å². The minimum Gasteiger partial charge on any atom is -0.348 e. The van der Waals surface area contributed by atoms with Crippen molar-refractivity contribution in [2.24, 2.45) is 0 Å². The standard InChI is InChI=1S/C23H23F3N4O3/c1-4-15(3)27-20(31)19-21(32)29(13-16-6-5-7-17(12-16)23(24,25)26)22(33)30(28-19)18-10-8-14(2)9-11-18/h5-12,15H,4,13H2,1-3H3,(H,27,31)/t15-/m1/s1. The summed E-state index contributed by atoms with van der Waals surface area (Å²) in [5, 5.41) is 6.63. The molecule has 0 aliphatic heterocycles. The highest BCUT2D eigenvalue weighted by Crippen LogP contribution is 2.29. The van der Waals surface area contributed by atoms with E-state index in [4.69, 9.17) is 0 Å². The molecule has 0 radical (unpaired) electrons. The van der Waals surface area contributed by atoms with E-state index in [9.17, 15) is 27.6 Å². The minimum atomic E-state index is -4.58. The number of carbonyl (C=O) groups excluding carboxylic acids is 1. The molecule has 1 N–H and O–H groups in total. The Hall–Kier alpha value is -3.69. The fraction of sp³-hybridized carbons (Fsp3) is 0.304. The van der Waals surface area contributed by atoms with Gasteiger partial charge in [0.2, 0.25) is 5.69 Å². The average Bonchev–Trinajstić information content (AvgIpc) is 2.77. The van der Waals surface area contributed by atoms with Crippen LogP contribution < -0.4 is 16.6 Å². The molecule has 7 nitrogen and oxygen atoms in total. The van der Waals surface area contributed by atoms with Gasteiger partial charge in [-0.15, -0.1) is 0 Å². The molecule has 3 rings (SSSR count). The zero-order chi connectivity index (χ0) is 24.3. The van der Waals surface area contributed by atoms with Crippen LogP contribution in [0.25, 0.3) is 5.69 Å². The zero-order valence-corrected chi connectivity index (χ0v) is 18.3. The molecule has 0 bridgehead atoms. The Morgan fingerprint density at radius 3 is 2.39 bits per heavy atom. The van der Waals surface area contributed by atoms with E-state index < -0.39 is 41.1 Å². The maximum Gasteiger partial charge on any atom is 0.416 e. The molecule has 0 aliphatic carbocycles. The molecule has 0 fully saturated rings. The highest BCUT2D eigenvalue weighted by atomic mass is 19.4. The maximum atomic E-state index is 13.1. The van der Waals surface area contributed by atoms with Crippen molar-refractivity contribution in [3.8, 4) is 5.69 Å². The first-order valence-corrected chi connectivity index (χ1v) is 10.3. The number of benzene rings is 2. The molecule has 0 saturated carbocycles. The molecule has 3 aromatic rings. The number of alkyl halides is 3. The molecule has 0 saturated heterocycles. The molecule has 174 valence electrons. The summed E-state index contributed by atoms with van der Waals surface area (Å²) in [7, 11) is 0. The Kier molecular flexibility index (Phi) is 6.85. The first-order valence-electron chi connectivity index (χ1n) is 10.3. The third-order valence-corrected chi connectivity index (χ3v) is 5.14. The molecule has 2 aromatic carbocycles. The third kappa shape index (κ3) is 5.39. The number of halogens is 3. The lowest BCUT2D eigenvalue weighted by atomic mass is 10.1. The van der Waals surface area contributed by atoms with Crippen LogP contribution in [-0.2, 0) is 12.7 Å². The molecule has 0 aliphatic rings. The summed E-state index contributed by atoms with van der Waals surface area (Å²) in [6, 6.07) is 10.7. The zero-order valence-electron chi connectivity index (χ0n) is 18.3. The Morgan fingerprint density at radius 1 is 1.12 bits per heavy atom. The van der Waals surface area contributed by atoms with Gasteiger partial charge in [0, 0.05) is 6.04 Å². The monoisotopic (exact) mass is 460 g/mol. The Labute approximate surface area is 187 Å². The number of nitrogens with one attached hydrogen (secondary N) is 1. The number of nitrogens with zero attached hydrogens (tertiary/aromatic N) is 3. The van der Waals surface area contributed by atoms with Crippen molar-refractivity contribution in [1.29, 1.82) is 0 Å². The SMILES string of the molecule is CC[C@@H](C)NC(=O)c1nn(-c2ccc(C)cc2)c(=O)n(Cc2cccc(C(F)(F)F)c2)c1=O. The lowest BCUT2D eigenvalue weighted by Crippen LogP contribution is -2.47. The Bertz CT molecular complexity index is 1280. The van der Waals surface area contributed by atoms with E-state index in [0.29, 0.717) is 16.7 Å². The van der Waals surface area contributed by atoms with Gasteiger partial charge < -0.3 is 5.32 Å². The largest absolute Gasteiger partial charge is 0.416 e. The van der Waals surface area contributed by atoms with Crippen LogP contribution in [0.5, 0.6) is 0 Å². The van der Waals surface area contributed by atoms with Gasteiger partial charge in [-0.25, -0.2) is 4.79 Å². The minimum absolute atomic E-state index is 0.0824. The van der Waals surface area contributed by atoms with Crippen LogP contribution in [0, 0.1) is 6.92 Å². The smallest absolute Gasteiger partial charge is 0.348 e. The normalized spacial score (nSPS) is 12.4. The van der Waals surface area contributed by atoms with Crippen LogP contribution in [0.3, 0.4) is 0 Å². The summed E-state index contributed by atoms with van der Waals surface area (Å²) in [6.07, 6.45) is -3.98. The van der Waals surface area contributed by atoms with Crippen LogP contribution >= 0.6 is 0 Å². The third-order valence-electron chi connectivity index (χ3n) is 5.14. The average molecular weight is 460 g/mol. The first-order chi connectivity index (χ1) is 15.5. The number of hydrogen-bond acceptors (Lipinski definition) is 4. The van der Waals surface area contributed by atoms with Crippen molar-refractivity contribution < 1.29 is 18.0 Å². The van der Waals surface area contributed by atoms with Gasteiger partial charge in [-0.1, -0.05) is 36.8 Å². The fourth-order valence-corrected chi connectivity index (χ4v) is 3.07. The second-order valence-electron chi connectivity index (χ2n) is 7.75. The predicted molar refractivity (Wildman–Crippen MR) is 117 cm³/mol. The molecule has 1 heterocycles. The number of rotatable bonds is 6. The predicted octanol–water partition coefficient (Wildman–Crippen LogP) is 3.30. The van der Waals surface area contributed by atoms with E-state index in [1.165, 1.54) is 12.1 Å². The fourth-order valence-electron chi connectivity index (χ4n) is 3.07. The topological polar surface area (TPSA) is 86.0 Å². The number of aryl methyl sites for hydroxylation is 1. The quantitative estimate of drug-likeness (QED) is 0.612. The second-order valence-corrected chi connectivity index (χ2v) is 7.75. The van der Waals surface area contributed by atoms with Crippen molar-refractivity contribution in [2.45, 2.75) is 46.0 Å². The molecule has 1 amide bonds. The number of hydrogen-bond donors (Lipinski definition) is 1. The summed E-state index contributed by atoms with van der Waals surface area (Å²) in [5.41, 5.74) is -1.99. The second kappa shape index (κ2) is 9.43. The van der Waals surface area contributed by atoms with E-state index in [1.807, 2.05) is 13.8 Å². The highest BCUT2D eigenvalue weighted by molar-refractivity contribution is 5.91. The van der Waals surface area contributed by atoms with Gasteiger partial charge in [0.25, 0.3) is 11.5 Å². The molecule has 10 heteroatoms. The number of amides is 1. The lowest BCUT2D eigenvalue weighted by Gasteiger charge is -2.15. The van der Waals surface area contributed by atoms with Crippen LogP contribution in [0.2, 0.25) is 0 Å². The van der Waals surface area contributed by atoms with E-state index in [2.05, 4.69) is 10.4 Å². The summed E-state index contributed by atoms with van der Waals surface area (Å²) < 4.78 is 41.0. The van der Waals surface area contributed by atoms with Gasteiger partial charge in [0.15, 0.2) is 0 Å². The number of carbonyl (C=O) groups is 1. The van der Waals surface area contributed by atoms with Crippen LogP contribution in [0.4, 0.5) is 13.2 Å². The van der Waals surface area contributed by atoms with Crippen molar-refractivity contribution in [3.05, 3.63) is 91.8 Å². The molecule has 1 atom stereocenters. The highest BCUT2D eigenvalue weighted by Gasteiger charge is 2.30. The van der Waals surface area contributed by atoms with Crippen LogP contribution in [0.1, 0.15) is 47.4 Å². The molecule has 0 unspecified atom stereocenters. The van der Waals surface area contributed by atoms with Crippen LogP contribution in [-0.4, -0.2) is 26.3 Å². The van der Waals surface area contributed by atoms with E-state index in [0.717, 1.165) is 22.4 Å². The van der Waals surface area contributed by atoms with E-state index in [-0.39, 0.29) is 11.6 Å². The van der Waals surface area contributed by atoms with Crippen molar-refractivity contribution >= 4 is 5.91 Å². The number of aromatic nitrogens is 3. The van der Waals surface area contributed by atoms with Crippen LogP contribution in [0.15, 0.2) is 58.1 Å². The van der Waals surface area contributed by atoms with Crippen molar-refractivity contribution in [3.63, 3.8) is 0 Å². The summed E-state index contributed by atoms with van der Waals surface area (Å²) >= 11 is 0. The van der Waals surface area contributed by atoms with Gasteiger partial charge in [-0.05, 0) is 50.1 Å². The Balaban J connectivity index is 2.18.